The van der Waals surface area contributed by atoms with Gasteiger partial charge in [-0.2, -0.15) is 0 Å². The summed E-state index contributed by atoms with van der Waals surface area (Å²) in [7, 11) is 1.64. The molecule has 0 fully saturated rings. The Hall–Kier alpha value is -1.37. The molecule has 19 heavy (non-hydrogen) atoms. The second-order valence-electron chi connectivity index (χ2n) is 4.21. The minimum absolute atomic E-state index is 0.0871. The van der Waals surface area contributed by atoms with Gasteiger partial charge in [0.05, 0.1) is 16.4 Å². The Bertz CT molecular complexity index is 665. The second kappa shape index (κ2) is 5.73. The molecule has 4 nitrogen and oxygen atoms in total. The van der Waals surface area contributed by atoms with E-state index in [1.54, 1.807) is 7.11 Å². The fraction of sp³-hybridized carbons (Fsp3) is 0.286. The Balaban J connectivity index is 2.56. The van der Waals surface area contributed by atoms with Crippen molar-refractivity contribution in [3.8, 4) is 17.1 Å². The van der Waals surface area contributed by atoms with E-state index in [1.807, 2.05) is 54.6 Å². The summed E-state index contributed by atoms with van der Waals surface area (Å²) in [5.74, 6) is 1.43. The largest absolute Gasteiger partial charge is 0.496 e. The van der Waals surface area contributed by atoms with Crippen LogP contribution in [0.25, 0.3) is 11.4 Å². The number of halogens is 1. The standard InChI is InChI=1S/C14H15IN2O2/c1-4-10-12(15)14(18)17-13(16-10)9-5-6-11(19-3)8(2)7-9/h5-7H,4H2,1-3H3,(H,16,17,18). The van der Waals surface area contributed by atoms with E-state index in [9.17, 15) is 4.79 Å². The first-order valence-electron chi connectivity index (χ1n) is 6.00. The maximum atomic E-state index is 11.9. The first-order chi connectivity index (χ1) is 9.06. The molecule has 0 unspecified atom stereocenters. The lowest BCUT2D eigenvalue weighted by Gasteiger charge is -2.08. The highest BCUT2D eigenvalue weighted by atomic mass is 127. The Morgan fingerprint density at radius 3 is 2.74 bits per heavy atom. The molecule has 0 saturated heterocycles. The smallest absolute Gasteiger partial charge is 0.264 e. The van der Waals surface area contributed by atoms with E-state index in [4.69, 9.17) is 4.74 Å². The van der Waals surface area contributed by atoms with Gasteiger partial charge in [-0.1, -0.05) is 6.92 Å². The van der Waals surface area contributed by atoms with Gasteiger partial charge < -0.3 is 9.72 Å². The first-order valence-corrected chi connectivity index (χ1v) is 7.08. The van der Waals surface area contributed by atoms with Gasteiger partial charge in [-0.05, 0) is 59.7 Å². The third kappa shape index (κ3) is 2.80. The summed E-state index contributed by atoms with van der Waals surface area (Å²) in [4.78, 5) is 19.2. The van der Waals surface area contributed by atoms with E-state index in [-0.39, 0.29) is 5.56 Å². The molecule has 0 radical (unpaired) electrons. The molecule has 0 bridgehead atoms. The minimum atomic E-state index is -0.0871. The molecule has 0 aliphatic carbocycles. The normalized spacial score (nSPS) is 10.5. The summed E-state index contributed by atoms with van der Waals surface area (Å²) in [6.07, 6.45) is 0.740. The van der Waals surface area contributed by atoms with Crippen molar-refractivity contribution in [3.05, 3.63) is 43.4 Å². The second-order valence-corrected chi connectivity index (χ2v) is 5.29. The Kier molecular flexibility index (Phi) is 4.24. The molecule has 2 aromatic rings. The number of nitrogens with zero attached hydrogens (tertiary/aromatic N) is 1. The van der Waals surface area contributed by atoms with Crippen LogP contribution in [0.3, 0.4) is 0 Å². The van der Waals surface area contributed by atoms with Gasteiger partial charge in [-0.3, -0.25) is 4.79 Å². The number of methoxy groups -OCH3 is 1. The molecule has 0 aliphatic heterocycles. The quantitative estimate of drug-likeness (QED) is 0.846. The third-order valence-corrected chi connectivity index (χ3v) is 4.05. The van der Waals surface area contributed by atoms with Gasteiger partial charge in [0.2, 0.25) is 0 Å². The SMILES string of the molecule is CCc1nc(-c2ccc(OC)c(C)c2)[nH]c(=O)c1I. The topological polar surface area (TPSA) is 55.0 Å². The van der Waals surface area contributed by atoms with Gasteiger partial charge >= 0.3 is 0 Å². The van der Waals surface area contributed by atoms with Crippen molar-refractivity contribution in [2.75, 3.05) is 7.11 Å². The summed E-state index contributed by atoms with van der Waals surface area (Å²) < 4.78 is 5.89. The van der Waals surface area contributed by atoms with Crippen LogP contribution in [0.5, 0.6) is 5.75 Å². The predicted molar refractivity (Wildman–Crippen MR) is 83.7 cm³/mol. The summed E-state index contributed by atoms with van der Waals surface area (Å²) in [5.41, 5.74) is 2.64. The first kappa shape index (κ1) is 14.0. The number of hydrogen-bond donors (Lipinski definition) is 1. The zero-order valence-electron chi connectivity index (χ0n) is 11.1. The lowest BCUT2D eigenvalue weighted by molar-refractivity contribution is 0.412. The summed E-state index contributed by atoms with van der Waals surface area (Å²) in [6, 6.07) is 5.74. The molecule has 1 aromatic heterocycles. The maximum absolute atomic E-state index is 11.9. The van der Waals surface area contributed by atoms with Gasteiger partial charge in [-0.15, -0.1) is 0 Å². The number of H-pyrrole nitrogens is 1. The molecule has 2 rings (SSSR count). The summed E-state index contributed by atoms with van der Waals surface area (Å²) in [6.45, 7) is 3.96. The monoisotopic (exact) mass is 370 g/mol. The molecule has 0 spiro atoms. The molecule has 0 amide bonds. The fourth-order valence-electron chi connectivity index (χ4n) is 1.90. The number of rotatable bonds is 3. The van der Waals surface area contributed by atoms with Gasteiger partial charge in [-0.25, -0.2) is 4.98 Å². The van der Waals surface area contributed by atoms with Crippen LogP contribution in [0.4, 0.5) is 0 Å². The van der Waals surface area contributed by atoms with Crippen LogP contribution >= 0.6 is 22.6 Å². The molecule has 5 heteroatoms. The van der Waals surface area contributed by atoms with Crippen molar-refractivity contribution in [2.24, 2.45) is 0 Å². The number of hydrogen-bond acceptors (Lipinski definition) is 3. The van der Waals surface area contributed by atoms with Crippen LogP contribution in [0.2, 0.25) is 0 Å². The number of aromatic amines is 1. The van der Waals surface area contributed by atoms with E-state index < -0.39 is 0 Å². The Morgan fingerprint density at radius 1 is 1.42 bits per heavy atom. The van der Waals surface area contributed by atoms with Gasteiger partial charge in [0, 0.05) is 5.56 Å². The van der Waals surface area contributed by atoms with Crippen molar-refractivity contribution in [2.45, 2.75) is 20.3 Å². The Morgan fingerprint density at radius 2 is 2.16 bits per heavy atom. The van der Waals surface area contributed by atoms with Crippen LogP contribution in [-0.2, 0) is 6.42 Å². The van der Waals surface area contributed by atoms with Gasteiger partial charge in [0.15, 0.2) is 0 Å². The number of ether oxygens (including phenoxy) is 1. The molecule has 1 aromatic carbocycles. The van der Waals surface area contributed by atoms with Gasteiger partial charge in [0.25, 0.3) is 5.56 Å². The van der Waals surface area contributed by atoms with Crippen LogP contribution in [0, 0.1) is 10.5 Å². The van der Waals surface area contributed by atoms with Crippen LogP contribution < -0.4 is 10.3 Å². The molecule has 0 saturated carbocycles. The van der Waals surface area contributed by atoms with Crippen LogP contribution in [0.15, 0.2) is 23.0 Å². The number of aryl methyl sites for hydroxylation is 2. The molecule has 1 heterocycles. The fourth-order valence-corrected chi connectivity index (χ4v) is 2.54. The molecule has 0 atom stereocenters. The van der Waals surface area contributed by atoms with Crippen molar-refractivity contribution in [3.63, 3.8) is 0 Å². The van der Waals surface area contributed by atoms with E-state index in [1.165, 1.54) is 0 Å². The number of nitrogens with one attached hydrogen (secondary N) is 1. The van der Waals surface area contributed by atoms with Gasteiger partial charge in [0.1, 0.15) is 11.6 Å². The molecule has 0 aliphatic rings. The summed E-state index contributed by atoms with van der Waals surface area (Å²) >= 11 is 2.03. The highest BCUT2D eigenvalue weighted by molar-refractivity contribution is 14.1. The minimum Gasteiger partial charge on any atom is -0.496 e. The molecule has 1 N–H and O–H groups in total. The van der Waals surface area contributed by atoms with Crippen molar-refractivity contribution < 1.29 is 4.74 Å². The van der Waals surface area contributed by atoms with Crippen LogP contribution in [-0.4, -0.2) is 17.1 Å². The average Bonchev–Trinajstić information content (AvgIpc) is 2.41. The van der Waals surface area contributed by atoms with Crippen molar-refractivity contribution in [1.82, 2.24) is 9.97 Å². The third-order valence-electron chi connectivity index (χ3n) is 2.93. The maximum Gasteiger partial charge on any atom is 0.264 e. The zero-order valence-corrected chi connectivity index (χ0v) is 13.2. The lowest BCUT2D eigenvalue weighted by atomic mass is 10.1. The molecule has 100 valence electrons. The highest BCUT2D eigenvalue weighted by Gasteiger charge is 2.10. The van der Waals surface area contributed by atoms with Crippen molar-refractivity contribution in [1.29, 1.82) is 0 Å². The zero-order chi connectivity index (χ0) is 14.0. The molecular formula is C14H15IN2O2. The number of aromatic nitrogens is 2. The lowest BCUT2D eigenvalue weighted by Crippen LogP contribution is -2.16. The highest BCUT2D eigenvalue weighted by Crippen LogP contribution is 2.23. The van der Waals surface area contributed by atoms with E-state index >= 15 is 0 Å². The van der Waals surface area contributed by atoms with Crippen LogP contribution in [0.1, 0.15) is 18.2 Å². The van der Waals surface area contributed by atoms with E-state index in [0.717, 1.165) is 29.0 Å². The average molecular weight is 370 g/mol. The van der Waals surface area contributed by atoms with Crippen molar-refractivity contribution >= 4 is 22.6 Å². The Labute approximate surface area is 125 Å². The summed E-state index contributed by atoms with van der Waals surface area (Å²) in [5, 5.41) is 0. The number of benzene rings is 1. The van der Waals surface area contributed by atoms with E-state index in [0.29, 0.717) is 9.39 Å². The molecular weight excluding hydrogens is 355 g/mol. The van der Waals surface area contributed by atoms with E-state index in [2.05, 4.69) is 9.97 Å². The predicted octanol–water partition coefficient (Wildman–Crippen LogP) is 2.92.